The van der Waals surface area contributed by atoms with Crippen LogP contribution in [0.3, 0.4) is 0 Å². The second kappa shape index (κ2) is 22.1. The number of hydrogen-bond donors (Lipinski definition) is 2. The van der Waals surface area contributed by atoms with Gasteiger partial charge in [-0.2, -0.15) is 4.98 Å². The van der Waals surface area contributed by atoms with Crippen LogP contribution >= 0.6 is 30.6 Å². The van der Waals surface area contributed by atoms with Gasteiger partial charge in [0.15, 0.2) is 24.9 Å². The van der Waals surface area contributed by atoms with Crippen LogP contribution in [0.2, 0.25) is 0 Å². The number of thioether (sulfide) groups is 1. The number of nitrogens with zero attached hydrogens (tertiary/aromatic N) is 4. The van der Waals surface area contributed by atoms with Gasteiger partial charge in [0.25, 0.3) is 5.56 Å². The molecule has 8 rings (SSSR count). The molecular weight excluding hydrogens is 888 g/mol. The van der Waals surface area contributed by atoms with E-state index < -0.39 is 43.2 Å². The van der Waals surface area contributed by atoms with E-state index in [1.54, 1.807) is 37.3 Å². The number of carbonyl (C=O) groups is 1. The summed E-state index contributed by atoms with van der Waals surface area (Å²) in [5.74, 6) is 2.62. The van der Waals surface area contributed by atoms with Crippen molar-refractivity contribution in [3.63, 3.8) is 0 Å². The highest BCUT2D eigenvalue weighted by molar-refractivity contribution is 8.53. The molecule has 65 heavy (non-hydrogen) atoms. The second-order valence-electron chi connectivity index (χ2n) is 15.3. The Morgan fingerprint density at radius 3 is 2.11 bits per heavy atom. The molecule has 2 aliphatic rings. The predicted molar refractivity (Wildman–Crippen MR) is 255 cm³/mol. The second-order valence-corrected chi connectivity index (χ2v) is 20.0. The molecule has 0 spiro atoms. The van der Waals surface area contributed by atoms with Crippen LogP contribution in [0.5, 0.6) is 11.5 Å². The van der Waals surface area contributed by atoms with Crippen LogP contribution in [-0.4, -0.2) is 113 Å². The van der Waals surface area contributed by atoms with E-state index in [0.29, 0.717) is 35.2 Å². The summed E-state index contributed by atoms with van der Waals surface area (Å²) in [6, 6.07) is 35.1. The van der Waals surface area contributed by atoms with Gasteiger partial charge in [-0.25, -0.2) is 4.98 Å². The fraction of sp³-hybridized carbons (Fsp3) is 0.362. The number of imidazole rings is 1. The summed E-state index contributed by atoms with van der Waals surface area (Å²) in [6.07, 6.45) is 0.509. The molecular formula is C47H53N6O9PS2. The van der Waals surface area contributed by atoms with E-state index in [-0.39, 0.29) is 35.4 Å². The first-order valence-corrected chi connectivity index (χ1v) is 25.2. The number of aromatic nitrogens is 4. The number of nitrogens with one attached hydrogen (secondary N) is 1. The maximum Gasteiger partial charge on any atom is 0.280 e. The van der Waals surface area contributed by atoms with Gasteiger partial charge in [-0.1, -0.05) is 108 Å². The van der Waals surface area contributed by atoms with Crippen molar-refractivity contribution in [3.8, 4) is 11.5 Å². The van der Waals surface area contributed by atoms with Crippen LogP contribution in [0.1, 0.15) is 46.1 Å². The Hall–Kier alpha value is -4.81. The first-order valence-electron chi connectivity index (χ1n) is 21.4. The average Bonchev–Trinajstić information content (AvgIpc) is 4.11. The summed E-state index contributed by atoms with van der Waals surface area (Å²) < 4.78 is 49.4. The standard InChI is InChI=1S/C47H53N6O9PS2/c1-56-26-27-59-41-40(62-63(52-24-10-11-25-52)65-29-28-64-45(55)32-12-6-4-7-13-32)38(61-44(41)53-31-49-39-42(53)50-46(48)51-43(39)54)30-60-47(33-14-8-5-9-15-33,34-16-20-36(57-2)21-17-34)35-18-22-37(58-3)23-19-35/h4-9,12-23,31,38,40-41,44H,10-11,24-30H2,1-3H3,(H3,48,50,51,54)/t38-,40?,41+,44-,63?/m1/s1. The number of rotatable bonds is 21. The molecule has 342 valence electrons. The van der Waals surface area contributed by atoms with Crippen molar-refractivity contribution in [1.29, 1.82) is 0 Å². The Morgan fingerprint density at radius 2 is 1.48 bits per heavy atom. The van der Waals surface area contributed by atoms with Gasteiger partial charge in [0.1, 0.15) is 35.4 Å². The number of ether oxygens (including phenoxy) is 6. The number of H-pyrrole nitrogens is 1. The van der Waals surface area contributed by atoms with Gasteiger partial charge >= 0.3 is 0 Å². The van der Waals surface area contributed by atoms with Gasteiger partial charge in [0.2, 0.25) is 11.1 Å². The van der Waals surface area contributed by atoms with Crippen LogP contribution in [0, 0.1) is 0 Å². The van der Waals surface area contributed by atoms with Crippen LogP contribution in [0.25, 0.3) is 11.2 Å². The largest absolute Gasteiger partial charge is 0.497 e. The van der Waals surface area contributed by atoms with E-state index in [1.807, 2.05) is 109 Å². The first kappa shape index (κ1) is 46.7. The van der Waals surface area contributed by atoms with Crippen LogP contribution in [0.15, 0.2) is 120 Å². The Labute approximate surface area is 387 Å². The lowest BCUT2D eigenvalue weighted by atomic mass is 9.80. The van der Waals surface area contributed by atoms with Crippen molar-refractivity contribution < 1.29 is 37.7 Å². The number of methoxy groups -OCH3 is 3. The maximum absolute atomic E-state index is 13.1. The minimum atomic E-state index is -1.30. The van der Waals surface area contributed by atoms with Crippen molar-refractivity contribution in [2.45, 2.75) is 43.0 Å². The van der Waals surface area contributed by atoms with Gasteiger partial charge in [0, 0.05) is 37.3 Å². The fourth-order valence-corrected chi connectivity index (χ4v) is 13.4. The number of hydrogen-bond acceptors (Lipinski definition) is 15. The number of carbonyl (C=O) groups excluding carboxylic acids is 1. The molecule has 6 aromatic rings. The Balaban J connectivity index is 1.19. The third-order valence-electron chi connectivity index (χ3n) is 11.3. The van der Waals surface area contributed by atoms with Crippen LogP contribution in [0.4, 0.5) is 5.95 Å². The topological polar surface area (TPSA) is 175 Å². The number of nitrogen functional groups attached to an aromatic ring is 1. The molecule has 0 aliphatic carbocycles. The molecule has 2 aliphatic heterocycles. The Morgan fingerprint density at radius 1 is 0.846 bits per heavy atom. The van der Waals surface area contributed by atoms with E-state index in [4.69, 9.17) is 38.7 Å². The number of anilines is 1. The molecule has 2 fully saturated rings. The molecule has 18 heteroatoms. The SMILES string of the molecule is COCCO[C@H]1C(OP(SCCSC(=O)c2ccccc2)N2CCCC2)[C@@H](COC(c2ccccc2)(c2ccc(OC)cc2)c2ccc(OC)cc2)O[C@H]1n1cnc2c(=O)[nH]c(N)nc21. The summed E-state index contributed by atoms with van der Waals surface area (Å²) in [7, 11) is 3.60. The molecule has 0 saturated carbocycles. The zero-order valence-corrected chi connectivity index (χ0v) is 39.0. The lowest BCUT2D eigenvalue weighted by molar-refractivity contribution is -0.0964. The van der Waals surface area contributed by atoms with E-state index >= 15 is 0 Å². The number of aromatic amines is 1. The smallest absolute Gasteiger partial charge is 0.280 e. The number of fused-ring (bicyclic) bond motifs is 1. The molecule has 2 aromatic heterocycles. The van der Waals surface area contributed by atoms with Gasteiger partial charge in [-0.3, -0.25) is 23.8 Å². The summed E-state index contributed by atoms with van der Waals surface area (Å²) in [6.45, 7) is 2.28. The van der Waals surface area contributed by atoms with E-state index in [1.165, 1.54) is 18.1 Å². The molecule has 0 radical (unpaired) electrons. The summed E-state index contributed by atoms with van der Waals surface area (Å²) >= 11 is 3.01. The molecule has 15 nitrogen and oxygen atoms in total. The minimum Gasteiger partial charge on any atom is -0.497 e. The highest BCUT2D eigenvalue weighted by Gasteiger charge is 2.51. The molecule has 0 bridgehead atoms. The predicted octanol–water partition coefficient (Wildman–Crippen LogP) is 7.67. The highest BCUT2D eigenvalue weighted by Crippen LogP contribution is 2.58. The lowest BCUT2D eigenvalue weighted by Crippen LogP contribution is -2.41. The van der Waals surface area contributed by atoms with Crippen molar-refractivity contribution in [2.75, 3.05) is 71.5 Å². The normalized spacial score (nSPS) is 19.4. The van der Waals surface area contributed by atoms with Crippen molar-refractivity contribution >= 4 is 52.9 Å². The maximum atomic E-state index is 13.1. The van der Waals surface area contributed by atoms with Gasteiger partial charge < -0.3 is 38.7 Å². The van der Waals surface area contributed by atoms with Crippen molar-refractivity contribution in [2.24, 2.45) is 0 Å². The molecule has 5 atom stereocenters. The quantitative estimate of drug-likeness (QED) is 0.0408. The minimum absolute atomic E-state index is 0.0241. The molecule has 0 amide bonds. The number of nitrogens with two attached hydrogens (primary N) is 1. The summed E-state index contributed by atoms with van der Waals surface area (Å²) in [5.41, 5.74) is 8.07. The highest BCUT2D eigenvalue weighted by atomic mass is 32.7. The van der Waals surface area contributed by atoms with Gasteiger partial charge in [-0.05, 0) is 53.8 Å². The van der Waals surface area contributed by atoms with Crippen molar-refractivity contribution in [1.82, 2.24) is 24.2 Å². The molecule has 4 heterocycles. The van der Waals surface area contributed by atoms with E-state index in [9.17, 15) is 9.59 Å². The Bertz CT molecular complexity index is 2470. The molecule has 2 saturated heterocycles. The van der Waals surface area contributed by atoms with Crippen LogP contribution in [-0.2, 0) is 29.1 Å². The molecule has 4 aromatic carbocycles. The number of benzene rings is 4. The summed E-state index contributed by atoms with van der Waals surface area (Å²) in [5, 5.41) is 0.0322. The van der Waals surface area contributed by atoms with E-state index in [2.05, 4.69) is 19.6 Å². The zero-order valence-electron chi connectivity index (χ0n) is 36.4. The van der Waals surface area contributed by atoms with Gasteiger partial charge in [-0.15, -0.1) is 0 Å². The average molecular weight is 941 g/mol. The lowest BCUT2D eigenvalue weighted by Gasteiger charge is -2.38. The first-order chi connectivity index (χ1) is 31.8. The van der Waals surface area contributed by atoms with E-state index in [0.717, 1.165) is 42.6 Å². The van der Waals surface area contributed by atoms with Crippen molar-refractivity contribution in [3.05, 3.63) is 148 Å². The molecule has 3 N–H and O–H groups in total. The third kappa shape index (κ3) is 10.6. The monoisotopic (exact) mass is 940 g/mol. The fourth-order valence-electron chi connectivity index (χ4n) is 8.10. The van der Waals surface area contributed by atoms with Gasteiger partial charge in [0.05, 0.1) is 40.4 Å². The Kier molecular flexibility index (Phi) is 15.9. The van der Waals surface area contributed by atoms with Crippen LogP contribution < -0.4 is 20.8 Å². The summed E-state index contributed by atoms with van der Waals surface area (Å²) in [4.78, 5) is 37.6. The molecule has 2 unspecified atom stereocenters. The third-order valence-corrected chi connectivity index (χ3v) is 16.5. The zero-order chi connectivity index (χ0) is 45.2.